The summed E-state index contributed by atoms with van der Waals surface area (Å²) in [6.45, 7) is 3.58. The van der Waals surface area contributed by atoms with Gasteiger partial charge < -0.3 is 10.0 Å². The molecule has 1 amide bonds. The molecule has 6 heteroatoms. The second kappa shape index (κ2) is 7.84. The van der Waals surface area contributed by atoms with Gasteiger partial charge >= 0.3 is 5.97 Å². The first-order chi connectivity index (χ1) is 7.40. The Morgan fingerprint density at radius 3 is 2.38 bits per heavy atom. The van der Waals surface area contributed by atoms with Gasteiger partial charge in [-0.25, -0.2) is 4.79 Å². The van der Waals surface area contributed by atoms with Crippen LogP contribution in [0, 0.1) is 0 Å². The average molecular weight is 265 g/mol. The number of hydrogen-bond acceptors (Lipinski definition) is 4. The second-order valence-electron chi connectivity index (χ2n) is 3.63. The third-order valence-electron chi connectivity index (χ3n) is 2.36. The molecule has 0 bridgehead atoms. The summed E-state index contributed by atoms with van der Waals surface area (Å²) in [6, 6.07) is -0.754. The fraction of sp³-hybridized carbons (Fsp3) is 0.800. The molecule has 0 saturated carbocycles. The fourth-order valence-corrected chi connectivity index (χ4v) is 2.91. The molecule has 4 nitrogen and oxygen atoms in total. The van der Waals surface area contributed by atoms with Gasteiger partial charge in [0.2, 0.25) is 5.91 Å². The van der Waals surface area contributed by atoms with Crippen molar-refractivity contribution in [3.05, 3.63) is 0 Å². The van der Waals surface area contributed by atoms with E-state index >= 15 is 0 Å². The number of carbonyl (C=O) groups is 2. The van der Waals surface area contributed by atoms with Gasteiger partial charge in [0.15, 0.2) is 0 Å². The molecule has 16 heavy (non-hydrogen) atoms. The number of carboxylic acid groups (broad SMARTS) is 1. The van der Waals surface area contributed by atoms with E-state index in [2.05, 4.69) is 6.92 Å². The van der Waals surface area contributed by atoms with E-state index in [1.165, 1.54) is 18.9 Å². The maximum atomic E-state index is 11.6. The Morgan fingerprint density at radius 2 is 1.94 bits per heavy atom. The van der Waals surface area contributed by atoms with Crippen LogP contribution in [-0.4, -0.2) is 46.5 Å². The molecular weight excluding hydrogens is 246 g/mol. The molecule has 1 N–H and O–H groups in total. The minimum Gasteiger partial charge on any atom is -0.480 e. The summed E-state index contributed by atoms with van der Waals surface area (Å²) in [6.07, 6.45) is 3.19. The standard InChI is InChI=1S/C10H19NO3S2/c1-7(16-15-4)5-6-9(12)11(3)8(2)10(13)14/h7-8H,5-6H2,1-4H3,(H,13,14)/t7-,8+/m0/s1. The van der Waals surface area contributed by atoms with Crippen LogP contribution in [0.25, 0.3) is 0 Å². The van der Waals surface area contributed by atoms with Gasteiger partial charge in [0.05, 0.1) is 0 Å². The van der Waals surface area contributed by atoms with Crippen LogP contribution in [0.15, 0.2) is 0 Å². The van der Waals surface area contributed by atoms with Gasteiger partial charge in [-0.1, -0.05) is 28.5 Å². The number of carboxylic acids is 1. The Labute approximate surface area is 105 Å². The lowest BCUT2D eigenvalue weighted by atomic mass is 10.2. The van der Waals surface area contributed by atoms with Crippen LogP contribution in [0.1, 0.15) is 26.7 Å². The summed E-state index contributed by atoms with van der Waals surface area (Å²) >= 11 is 0. The molecule has 0 aliphatic rings. The molecule has 2 atom stereocenters. The third-order valence-corrected chi connectivity index (χ3v) is 4.68. The molecule has 0 radical (unpaired) electrons. The van der Waals surface area contributed by atoms with Gasteiger partial charge in [-0.15, -0.1) is 0 Å². The van der Waals surface area contributed by atoms with Gasteiger partial charge in [0, 0.05) is 18.7 Å². The van der Waals surface area contributed by atoms with Crippen LogP contribution in [0.3, 0.4) is 0 Å². The van der Waals surface area contributed by atoms with E-state index in [1.807, 2.05) is 6.26 Å². The Bertz CT molecular complexity index is 248. The first-order valence-corrected chi connectivity index (χ1v) is 7.70. The Hall–Kier alpha value is -0.360. The molecule has 0 saturated heterocycles. The summed E-state index contributed by atoms with van der Waals surface area (Å²) in [5.41, 5.74) is 0. The minimum absolute atomic E-state index is 0.108. The Kier molecular flexibility index (Phi) is 7.66. The topological polar surface area (TPSA) is 57.6 Å². The van der Waals surface area contributed by atoms with Crippen LogP contribution < -0.4 is 0 Å². The molecular formula is C10H19NO3S2. The number of hydrogen-bond donors (Lipinski definition) is 1. The van der Waals surface area contributed by atoms with E-state index in [4.69, 9.17) is 5.11 Å². The van der Waals surface area contributed by atoms with Crippen molar-refractivity contribution in [3.63, 3.8) is 0 Å². The van der Waals surface area contributed by atoms with Crippen molar-refractivity contribution >= 4 is 33.5 Å². The summed E-state index contributed by atoms with van der Waals surface area (Å²) in [7, 11) is 4.94. The number of rotatable bonds is 7. The third kappa shape index (κ3) is 5.65. The van der Waals surface area contributed by atoms with Crippen molar-refractivity contribution in [2.24, 2.45) is 0 Å². The molecule has 0 unspecified atom stereocenters. The lowest BCUT2D eigenvalue weighted by Gasteiger charge is -2.22. The molecule has 0 aliphatic heterocycles. The molecule has 0 fully saturated rings. The highest BCUT2D eigenvalue weighted by Gasteiger charge is 2.21. The lowest BCUT2D eigenvalue weighted by molar-refractivity contribution is -0.148. The number of amides is 1. The maximum absolute atomic E-state index is 11.6. The predicted octanol–water partition coefficient (Wildman–Crippen LogP) is 2.10. The summed E-state index contributed by atoms with van der Waals surface area (Å²) < 4.78 is 0. The van der Waals surface area contributed by atoms with E-state index < -0.39 is 12.0 Å². The zero-order valence-corrected chi connectivity index (χ0v) is 11.7. The number of nitrogens with zero attached hydrogens (tertiary/aromatic N) is 1. The minimum atomic E-state index is -0.970. The maximum Gasteiger partial charge on any atom is 0.326 e. The SMILES string of the molecule is CSS[C@@H](C)CCC(=O)N(C)[C@H](C)C(=O)O. The van der Waals surface area contributed by atoms with Crippen molar-refractivity contribution in [1.82, 2.24) is 4.90 Å². The highest BCUT2D eigenvalue weighted by molar-refractivity contribution is 8.76. The van der Waals surface area contributed by atoms with Gasteiger partial charge in [-0.2, -0.15) is 0 Å². The molecule has 0 aromatic carbocycles. The lowest BCUT2D eigenvalue weighted by Crippen LogP contribution is -2.40. The second-order valence-corrected chi connectivity index (χ2v) is 6.54. The van der Waals surface area contributed by atoms with Crippen LogP contribution in [0.2, 0.25) is 0 Å². The average Bonchev–Trinajstić information content (AvgIpc) is 2.24. The van der Waals surface area contributed by atoms with E-state index in [0.29, 0.717) is 11.7 Å². The number of aliphatic carboxylic acids is 1. The van der Waals surface area contributed by atoms with E-state index in [1.54, 1.807) is 21.6 Å². The number of carbonyl (C=O) groups excluding carboxylic acids is 1. The largest absolute Gasteiger partial charge is 0.480 e. The van der Waals surface area contributed by atoms with E-state index in [9.17, 15) is 9.59 Å². The quantitative estimate of drug-likeness (QED) is 0.714. The van der Waals surface area contributed by atoms with E-state index in [0.717, 1.165) is 6.42 Å². The summed E-state index contributed by atoms with van der Waals surface area (Å²) in [4.78, 5) is 23.6. The molecule has 0 aromatic heterocycles. The van der Waals surface area contributed by atoms with Crippen molar-refractivity contribution in [3.8, 4) is 0 Å². The predicted molar refractivity (Wildman–Crippen MR) is 69.7 cm³/mol. The molecule has 0 spiro atoms. The number of likely N-dealkylation sites (N-methyl/N-ethyl adjacent to an activating group) is 1. The van der Waals surface area contributed by atoms with Gasteiger partial charge in [0.1, 0.15) is 6.04 Å². The molecule has 0 rings (SSSR count). The first-order valence-electron chi connectivity index (χ1n) is 5.08. The highest BCUT2D eigenvalue weighted by atomic mass is 33.1. The fourth-order valence-electron chi connectivity index (χ4n) is 1.10. The molecule has 0 heterocycles. The van der Waals surface area contributed by atoms with Crippen molar-refractivity contribution in [1.29, 1.82) is 0 Å². The van der Waals surface area contributed by atoms with Crippen LogP contribution in [0.5, 0.6) is 0 Å². The van der Waals surface area contributed by atoms with Crippen LogP contribution in [0.4, 0.5) is 0 Å². The zero-order valence-electron chi connectivity index (χ0n) is 10.1. The van der Waals surface area contributed by atoms with Crippen molar-refractivity contribution in [2.45, 2.75) is 38.0 Å². The summed E-state index contributed by atoms with van der Waals surface area (Å²) in [5, 5.41) is 9.17. The Morgan fingerprint density at radius 1 is 1.38 bits per heavy atom. The van der Waals surface area contributed by atoms with Gasteiger partial charge in [-0.05, 0) is 19.6 Å². The van der Waals surface area contributed by atoms with Crippen molar-refractivity contribution < 1.29 is 14.7 Å². The molecule has 0 aliphatic carbocycles. The highest BCUT2D eigenvalue weighted by Crippen LogP contribution is 2.26. The smallest absolute Gasteiger partial charge is 0.326 e. The van der Waals surface area contributed by atoms with E-state index in [-0.39, 0.29) is 5.91 Å². The van der Waals surface area contributed by atoms with Crippen molar-refractivity contribution in [2.75, 3.05) is 13.3 Å². The molecule has 0 aromatic rings. The van der Waals surface area contributed by atoms with Crippen LogP contribution >= 0.6 is 21.6 Å². The normalized spacial score (nSPS) is 14.2. The Balaban J connectivity index is 4.01. The van der Waals surface area contributed by atoms with Crippen LogP contribution in [-0.2, 0) is 9.59 Å². The van der Waals surface area contributed by atoms with Gasteiger partial charge in [-0.3, -0.25) is 4.79 Å². The molecule has 94 valence electrons. The monoisotopic (exact) mass is 265 g/mol. The zero-order chi connectivity index (χ0) is 12.7. The first kappa shape index (κ1) is 15.6. The summed E-state index contributed by atoms with van der Waals surface area (Å²) in [5.74, 6) is -1.08. The van der Waals surface area contributed by atoms with Gasteiger partial charge in [0.25, 0.3) is 0 Å².